The molecule has 7 heteroatoms. The highest BCUT2D eigenvalue weighted by atomic mass is 32.2. The SMILES string of the molecule is Cc1ccc(S(=O)(=O)OC(=O)C2(CN3CCC(CN)CC3)CCC2)cc1. The zero-order valence-electron chi connectivity index (χ0n) is 15.3. The van der Waals surface area contributed by atoms with Crippen molar-refractivity contribution in [2.45, 2.75) is 43.9 Å². The third-order valence-electron chi connectivity index (χ3n) is 5.81. The Labute approximate surface area is 155 Å². The van der Waals surface area contributed by atoms with Crippen molar-refractivity contribution in [2.75, 3.05) is 26.2 Å². The van der Waals surface area contributed by atoms with Gasteiger partial charge in [-0.3, -0.25) is 4.79 Å². The molecular weight excluding hydrogens is 352 g/mol. The Balaban J connectivity index is 1.66. The minimum Gasteiger partial charge on any atom is -0.342 e. The normalized spacial score (nSPS) is 21.2. The largest absolute Gasteiger partial charge is 0.342 e. The van der Waals surface area contributed by atoms with Crippen LogP contribution in [-0.4, -0.2) is 45.5 Å². The van der Waals surface area contributed by atoms with Gasteiger partial charge < -0.3 is 14.8 Å². The van der Waals surface area contributed by atoms with Gasteiger partial charge in [0.2, 0.25) is 0 Å². The molecule has 2 N–H and O–H groups in total. The van der Waals surface area contributed by atoms with E-state index in [1.807, 2.05) is 6.92 Å². The Kier molecular flexibility index (Phi) is 5.69. The van der Waals surface area contributed by atoms with Gasteiger partial charge in [0.15, 0.2) is 0 Å². The van der Waals surface area contributed by atoms with Gasteiger partial charge in [-0.15, -0.1) is 0 Å². The molecule has 1 saturated heterocycles. The summed E-state index contributed by atoms with van der Waals surface area (Å²) in [5.41, 5.74) is 6.00. The summed E-state index contributed by atoms with van der Waals surface area (Å²) in [6.45, 7) is 4.96. The number of hydrogen-bond acceptors (Lipinski definition) is 6. The van der Waals surface area contributed by atoms with Crippen LogP contribution in [0.3, 0.4) is 0 Å². The van der Waals surface area contributed by atoms with Gasteiger partial charge >= 0.3 is 16.1 Å². The maximum Gasteiger partial charge on any atom is 0.341 e. The predicted octanol–water partition coefficient (Wildman–Crippen LogP) is 2.07. The van der Waals surface area contributed by atoms with Crippen molar-refractivity contribution in [1.82, 2.24) is 4.90 Å². The molecule has 0 bridgehead atoms. The number of nitrogens with zero attached hydrogens (tertiary/aromatic N) is 1. The summed E-state index contributed by atoms with van der Waals surface area (Å²) in [5, 5.41) is 0. The summed E-state index contributed by atoms with van der Waals surface area (Å²) in [4.78, 5) is 15.0. The van der Waals surface area contributed by atoms with Gasteiger partial charge in [0.05, 0.1) is 5.41 Å². The second-order valence-electron chi connectivity index (χ2n) is 7.73. The van der Waals surface area contributed by atoms with Crippen LogP contribution in [0.1, 0.15) is 37.7 Å². The number of carbonyl (C=O) groups is 1. The molecule has 1 aliphatic carbocycles. The van der Waals surface area contributed by atoms with Crippen molar-refractivity contribution in [2.24, 2.45) is 17.1 Å². The van der Waals surface area contributed by atoms with Crippen molar-refractivity contribution in [3.8, 4) is 0 Å². The van der Waals surface area contributed by atoms with Gasteiger partial charge in [0, 0.05) is 6.54 Å². The Hall–Kier alpha value is -1.44. The van der Waals surface area contributed by atoms with Crippen molar-refractivity contribution in [3.05, 3.63) is 29.8 Å². The van der Waals surface area contributed by atoms with Crippen LogP contribution in [0.15, 0.2) is 29.2 Å². The van der Waals surface area contributed by atoms with Crippen LogP contribution in [0.5, 0.6) is 0 Å². The van der Waals surface area contributed by atoms with Crippen LogP contribution in [0.25, 0.3) is 0 Å². The van der Waals surface area contributed by atoms with Crippen molar-refractivity contribution >= 4 is 16.1 Å². The molecule has 1 heterocycles. The van der Waals surface area contributed by atoms with Crippen molar-refractivity contribution in [3.63, 3.8) is 0 Å². The molecule has 0 aromatic heterocycles. The standard InChI is InChI=1S/C19H28N2O4S/c1-15-3-5-17(6-4-15)26(23,24)25-18(22)19(9-2-10-19)14-21-11-7-16(13-20)8-12-21/h3-6,16H,2,7-14,20H2,1H3. The average Bonchev–Trinajstić information content (AvgIpc) is 2.58. The molecule has 1 aliphatic heterocycles. The van der Waals surface area contributed by atoms with Crippen LogP contribution >= 0.6 is 0 Å². The average molecular weight is 381 g/mol. The highest BCUT2D eigenvalue weighted by molar-refractivity contribution is 7.87. The predicted molar refractivity (Wildman–Crippen MR) is 99.0 cm³/mol. The Morgan fingerprint density at radius 2 is 1.85 bits per heavy atom. The number of aryl methyl sites for hydroxylation is 1. The molecule has 1 saturated carbocycles. The molecular formula is C19H28N2O4S. The fourth-order valence-corrected chi connectivity index (χ4v) is 4.72. The second kappa shape index (κ2) is 7.66. The molecule has 0 amide bonds. The lowest BCUT2D eigenvalue weighted by Gasteiger charge is -2.44. The Bertz CT molecular complexity index is 733. The van der Waals surface area contributed by atoms with E-state index in [9.17, 15) is 13.2 Å². The number of benzene rings is 1. The molecule has 0 unspecified atom stereocenters. The zero-order valence-corrected chi connectivity index (χ0v) is 16.1. The molecule has 3 rings (SSSR count). The van der Waals surface area contributed by atoms with Gasteiger partial charge in [0.25, 0.3) is 0 Å². The van der Waals surface area contributed by atoms with E-state index in [2.05, 4.69) is 4.90 Å². The molecule has 0 radical (unpaired) electrons. The lowest BCUT2D eigenvalue weighted by atomic mass is 9.68. The number of nitrogens with two attached hydrogens (primary N) is 1. The van der Waals surface area contributed by atoms with Gasteiger partial charge in [-0.2, -0.15) is 8.42 Å². The van der Waals surface area contributed by atoms with Gasteiger partial charge in [-0.1, -0.05) is 24.1 Å². The summed E-state index contributed by atoms with van der Waals surface area (Å²) in [7, 11) is -4.07. The maximum atomic E-state index is 12.7. The van der Waals surface area contributed by atoms with E-state index >= 15 is 0 Å². The maximum absolute atomic E-state index is 12.7. The molecule has 2 aliphatic rings. The highest BCUT2D eigenvalue weighted by Gasteiger charge is 2.48. The first-order chi connectivity index (χ1) is 12.3. The first-order valence-electron chi connectivity index (χ1n) is 9.33. The third-order valence-corrected chi connectivity index (χ3v) is 7.03. The van der Waals surface area contributed by atoms with Crippen molar-refractivity contribution in [1.29, 1.82) is 0 Å². The first kappa shape index (κ1) is 19.3. The van der Waals surface area contributed by atoms with Crippen LogP contribution in [-0.2, 0) is 19.1 Å². The summed E-state index contributed by atoms with van der Waals surface area (Å²) >= 11 is 0. The van der Waals surface area contributed by atoms with Crippen LogP contribution < -0.4 is 5.73 Å². The fraction of sp³-hybridized carbons (Fsp3) is 0.632. The van der Waals surface area contributed by atoms with Crippen LogP contribution in [0.2, 0.25) is 0 Å². The molecule has 2 fully saturated rings. The number of likely N-dealkylation sites (tertiary alicyclic amines) is 1. The third kappa shape index (κ3) is 4.10. The van der Waals surface area contributed by atoms with Gasteiger partial charge in [-0.25, -0.2) is 0 Å². The summed E-state index contributed by atoms with van der Waals surface area (Å²) in [6.07, 6.45) is 4.36. The Morgan fingerprint density at radius 3 is 2.35 bits per heavy atom. The lowest BCUT2D eigenvalue weighted by molar-refractivity contribution is -0.152. The topological polar surface area (TPSA) is 89.7 Å². The van der Waals surface area contributed by atoms with Gasteiger partial charge in [-0.05, 0) is 70.3 Å². The minimum absolute atomic E-state index is 0.0229. The lowest BCUT2D eigenvalue weighted by Crippen LogP contribution is -2.51. The van der Waals surface area contributed by atoms with Crippen LogP contribution in [0.4, 0.5) is 0 Å². The molecule has 1 aromatic rings. The van der Waals surface area contributed by atoms with E-state index in [1.54, 1.807) is 12.1 Å². The fourth-order valence-electron chi connectivity index (χ4n) is 3.78. The van der Waals surface area contributed by atoms with E-state index in [-0.39, 0.29) is 4.90 Å². The monoisotopic (exact) mass is 380 g/mol. The number of carbonyl (C=O) groups excluding carboxylic acids is 1. The van der Waals surface area contributed by atoms with Crippen molar-refractivity contribution < 1.29 is 17.4 Å². The number of piperidine rings is 1. The molecule has 0 spiro atoms. The van der Waals surface area contributed by atoms with Crippen LogP contribution in [0, 0.1) is 18.3 Å². The number of rotatable bonds is 6. The summed E-state index contributed by atoms with van der Waals surface area (Å²) in [6, 6.07) is 6.34. The summed E-state index contributed by atoms with van der Waals surface area (Å²) < 4.78 is 29.9. The van der Waals surface area contributed by atoms with Gasteiger partial charge in [0.1, 0.15) is 4.90 Å². The molecule has 6 nitrogen and oxygen atoms in total. The number of hydrogen-bond donors (Lipinski definition) is 1. The van der Waals surface area contributed by atoms with E-state index in [1.165, 1.54) is 12.1 Å². The minimum atomic E-state index is -4.07. The smallest absolute Gasteiger partial charge is 0.341 e. The molecule has 0 atom stereocenters. The van der Waals surface area contributed by atoms with E-state index in [0.717, 1.165) is 37.9 Å². The first-order valence-corrected chi connectivity index (χ1v) is 10.7. The highest BCUT2D eigenvalue weighted by Crippen LogP contribution is 2.44. The molecule has 144 valence electrons. The Morgan fingerprint density at radius 1 is 1.23 bits per heavy atom. The van der Waals surface area contributed by atoms with E-state index < -0.39 is 21.5 Å². The molecule has 1 aromatic carbocycles. The second-order valence-corrected chi connectivity index (χ2v) is 9.27. The zero-order chi connectivity index (χ0) is 18.8. The van der Waals surface area contributed by atoms with E-state index in [0.29, 0.717) is 31.8 Å². The van der Waals surface area contributed by atoms with E-state index in [4.69, 9.17) is 9.92 Å². The molecule has 26 heavy (non-hydrogen) atoms. The summed E-state index contributed by atoms with van der Waals surface area (Å²) in [5.74, 6) is -0.0530. The quantitative estimate of drug-likeness (QED) is 0.760.